The van der Waals surface area contributed by atoms with Crippen LogP contribution in [-0.4, -0.2) is 0 Å². The molecule has 246 valence electrons. The first kappa shape index (κ1) is 29.2. The maximum atomic E-state index is 6.92. The van der Waals surface area contributed by atoms with Crippen molar-refractivity contribution in [3.05, 3.63) is 175 Å². The molecule has 3 nitrogen and oxygen atoms in total. The molecule has 0 saturated heterocycles. The summed E-state index contributed by atoms with van der Waals surface area (Å²) in [5, 5.41) is 6.78. The molecule has 1 aliphatic rings. The summed E-state index contributed by atoms with van der Waals surface area (Å²) < 4.78 is 13.3. The highest BCUT2D eigenvalue weighted by Crippen LogP contribution is 2.51. The molecule has 0 saturated carbocycles. The van der Waals surface area contributed by atoms with Gasteiger partial charge in [0.05, 0.1) is 5.69 Å². The Morgan fingerprint density at radius 1 is 0.423 bits per heavy atom. The lowest BCUT2D eigenvalue weighted by atomic mass is 9.82. The minimum Gasteiger partial charge on any atom is -0.455 e. The van der Waals surface area contributed by atoms with Crippen molar-refractivity contribution < 1.29 is 8.83 Å². The van der Waals surface area contributed by atoms with Gasteiger partial charge in [0.15, 0.2) is 5.58 Å². The molecule has 0 atom stereocenters. The first-order valence-corrected chi connectivity index (χ1v) is 17.9. The molecule has 0 unspecified atom stereocenters. The quantitative estimate of drug-likeness (QED) is 0.187. The molecule has 0 N–H and O–H groups in total. The van der Waals surface area contributed by atoms with Gasteiger partial charge in [-0.25, -0.2) is 0 Å². The Bertz CT molecular complexity index is 3050. The van der Waals surface area contributed by atoms with Crippen LogP contribution in [0.5, 0.6) is 0 Å². The molecule has 52 heavy (non-hydrogen) atoms. The van der Waals surface area contributed by atoms with Crippen LogP contribution < -0.4 is 4.90 Å². The Hall–Kier alpha value is -6.58. The van der Waals surface area contributed by atoms with E-state index in [1.54, 1.807) is 0 Å². The monoisotopic (exact) mass is 667 g/mol. The highest BCUT2D eigenvalue weighted by atomic mass is 16.3. The summed E-state index contributed by atoms with van der Waals surface area (Å²) in [6.07, 6.45) is 0. The Morgan fingerprint density at radius 3 is 1.96 bits per heavy atom. The standard InChI is InChI=1S/C49H33NO2/c1-49(2)42-18-7-5-13-36(42)37-28-26-33(29-43(37)49)50(44-19-10-17-40-41-27-23-30-11-3-4-12-34(30)47(41)52-48(40)44)32-24-21-31(22-25-32)35-15-9-16-39-38-14-6-8-20-45(38)51-46(35)39/h3-29H,1-2H3. The summed E-state index contributed by atoms with van der Waals surface area (Å²) in [4.78, 5) is 2.36. The second kappa shape index (κ2) is 10.7. The number of anilines is 3. The SMILES string of the molecule is CC1(C)c2ccccc2-c2ccc(N(c3ccc(-c4cccc5c4oc4ccccc45)cc3)c3cccc4c3oc3c5ccccc5ccc43)cc21. The molecule has 11 rings (SSSR count). The summed E-state index contributed by atoms with van der Waals surface area (Å²) in [5.74, 6) is 0. The van der Waals surface area contributed by atoms with Crippen molar-refractivity contribution in [3.8, 4) is 22.3 Å². The number of benzene rings is 8. The average molecular weight is 668 g/mol. The van der Waals surface area contributed by atoms with Gasteiger partial charge in [-0.1, -0.05) is 135 Å². The highest BCUT2D eigenvalue weighted by Gasteiger charge is 2.36. The van der Waals surface area contributed by atoms with E-state index >= 15 is 0 Å². The lowest BCUT2D eigenvalue weighted by molar-refractivity contribution is 0.660. The van der Waals surface area contributed by atoms with Crippen LogP contribution in [0.4, 0.5) is 17.1 Å². The van der Waals surface area contributed by atoms with Crippen LogP contribution in [0.3, 0.4) is 0 Å². The molecule has 2 heterocycles. The number of hydrogen-bond donors (Lipinski definition) is 0. The molecule has 2 aromatic heterocycles. The van der Waals surface area contributed by atoms with Gasteiger partial charge in [0, 0.05) is 49.3 Å². The second-order valence-corrected chi connectivity index (χ2v) is 14.5. The summed E-state index contributed by atoms with van der Waals surface area (Å²) in [5.41, 5.74) is 14.1. The van der Waals surface area contributed by atoms with Crippen molar-refractivity contribution >= 4 is 71.7 Å². The van der Waals surface area contributed by atoms with E-state index in [0.29, 0.717) is 0 Å². The van der Waals surface area contributed by atoms with Crippen LogP contribution in [0.2, 0.25) is 0 Å². The van der Waals surface area contributed by atoms with Crippen molar-refractivity contribution in [2.45, 2.75) is 19.3 Å². The number of hydrogen-bond acceptors (Lipinski definition) is 3. The largest absolute Gasteiger partial charge is 0.455 e. The van der Waals surface area contributed by atoms with E-state index in [1.807, 2.05) is 12.1 Å². The number of furan rings is 2. The van der Waals surface area contributed by atoms with E-state index in [9.17, 15) is 0 Å². The van der Waals surface area contributed by atoms with Crippen molar-refractivity contribution in [1.82, 2.24) is 0 Å². The third-order valence-electron chi connectivity index (χ3n) is 11.3. The first-order chi connectivity index (χ1) is 25.5. The maximum Gasteiger partial charge on any atom is 0.159 e. The summed E-state index contributed by atoms with van der Waals surface area (Å²) in [7, 11) is 0. The molecule has 0 spiro atoms. The fourth-order valence-corrected chi connectivity index (χ4v) is 8.71. The predicted molar refractivity (Wildman–Crippen MR) is 216 cm³/mol. The van der Waals surface area contributed by atoms with Gasteiger partial charge < -0.3 is 13.7 Å². The first-order valence-electron chi connectivity index (χ1n) is 17.9. The summed E-state index contributed by atoms with van der Waals surface area (Å²) >= 11 is 0. The molecule has 0 amide bonds. The zero-order valence-corrected chi connectivity index (χ0v) is 28.9. The highest BCUT2D eigenvalue weighted by molar-refractivity contribution is 6.17. The number of rotatable bonds is 4. The van der Waals surface area contributed by atoms with Crippen LogP contribution in [-0.2, 0) is 5.41 Å². The van der Waals surface area contributed by atoms with Crippen molar-refractivity contribution in [2.24, 2.45) is 0 Å². The molecule has 0 bridgehead atoms. The topological polar surface area (TPSA) is 29.5 Å². The van der Waals surface area contributed by atoms with Crippen LogP contribution in [0, 0.1) is 0 Å². The Labute approximate surface area is 301 Å². The van der Waals surface area contributed by atoms with E-state index in [-0.39, 0.29) is 5.41 Å². The van der Waals surface area contributed by atoms with Gasteiger partial charge in [0.25, 0.3) is 0 Å². The predicted octanol–water partition coefficient (Wildman–Crippen LogP) is 14.1. The van der Waals surface area contributed by atoms with Gasteiger partial charge in [0.2, 0.25) is 0 Å². The molecule has 10 aromatic rings. The minimum atomic E-state index is -0.132. The number of para-hydroxylation sites is 3. The molecule has 0 fully saturated rings. The van der Waals surface area contributed by atoms with Crippen LogP contribution in [0.25, 0.3) is 76.9 Å². The third-order valence-corrected chi connectivity index (χ3v) is 11.3. The van der Waals surface area contributed by atoms with Gasteiger partial charge in [-0.05, 0) is 75.7 Å². The van der Waals surface area contributed by atoms with E-state index in [0.717, 1.165) is 77.5 Å². The van der Waals surface area contributed by atoms with Crippen molar-refractivity contribution in [2.75, 3.05) is 4.90 Å². The Balaban J connectivity index is 1.12. The molecule has 0 aliphatic heterocycles. The molecule has 1 aliphatic carbocycles. The van der Waals surface area contributed by atoms with E-state index in [1.165, 1.54) is 27.6 Å². The molecule has 0 radical (unpaired) electrons. The smallest absolute Gasteiger partial charge is 0.159 e. The second-order valence-electron chi connectivity index (χ2n) is 14.5. The van der Waals surface area contributed by atoms with Crippen molar-refractivity contribution in [1.29, 1.82) is 0 Å². The normalized spacial score (nSPS) is 13.3. The zero-order chi connectivity index (χ0) is 34.6. The van der Waals surface area contributed by atoms with Gasteiger partial charge in [-0.15, -0.1) is 0 Å². The summed E-state index contributed by atoms with van der Waals surface area (Å²) in [6, 6.07) is 58.7. The minimum absolute atomic E-state index is 0.132. The zero-order valence-electron chi connectivity index (χ0n) is 28.9. The molecular weight excluding hydrogens is 635 g/mol. The third kappa shape index (κ3) is 4.08. The summed E-state index contributed by atoms with van der Waals surface area (Å²) in [6.45, 7) is 4.68. The molecule has 8 aromatic carbocycles. The lowest BCUT2D eigenvalue weighted by Crippen LogP contribution is -2.16. The fourth-order valence-electron chi connectivity index (χ4n) is 8.71. The average Bonchev–Trinajstić information content (AvgIpc) is 3.84. The van der Waals surface area contributed by atoms with Gasteiger partial charge in [-0.3, -0.25) is 0 Å². The van der Waals surface area contributed by atoms with Gasteiger partial charge >= 0.3 is 0 Å². The Kier molecular flexibility index (Phi) is 6.01. The van der Waals surface area contributed by atoms with Crippen LogP contribution in [0.1, 0.15) is 25.0 Å². The molecule has 3 heteroatoms. The number of nitrogens with zero attached hydrogens (tertiary/aromatic N) is 1. The van der Waals surface area contributed by atoms with E-state index < -0.39 is 0 Å². The Morgan fingerprint density at radius 2 is 1.08 bits per heavy atom. The fraction of sp³-hybridized carbons (Fsp3) is 0.0612. The van der Waals surface area contributed by atoms with Crippen LogP contribution >= 0.6 is 0 Å². The van der Waals surface area contributed by atoms with Crippen LogP contribution in [0.15, 0.2) is 173 Å². The number of fused-ring (bicyclic) bond motifs is 11. The van der Waals surface area contributed by atoms with Gasteiger partial charge in [-0.2, -0.15) is 0 Å². The van der Waals surface area contributed by atoms with E-state index in [4.69, 9.17) is 8.83 Å². The maximum absolute atomic E-state index is 6.92. The molecular formula is C49H33NO2. The lowest BCUT2D eigenvalue weighted by Gasteiger charge is -2.28. The van der Waals surface area contributed by atoms with E-state index in [2.05, 4.69) is 170 Å². The van der Waals surface area contributed by atoms with Gasteiger partial charge in [0.1, 0.15) is 16.7 Å². The van der Waals surface area contributed by atoms with Crippen molar-refractivity contribution in [3.63, 3.8) is 0 Å².